The van der Waals surface area contributed by atoms with E-state index in [0.29, 0.717) is 0 Å². The van der Waals surface area contributed by atoms with Crippen LogP contribution in [0.25, 0.3) is 0 Å². The molecule has 2 nitrogen and oxygen atoms in total. The molecule has 0 N–H and O–H groups in total. The zero-order valence-corrected chi connectivity index (χ0v) is 9.11. The number of nitriles is 1. The topological polar surface area (TPSA) is 27.0 Å². The van der Waals surface area contributed by atoms with Crippen molar-refractivity contribution in [3.8, 4) is 6.07 Å². The van der Waals surface area contributed by atoms with Crippen molar-refractivity contribution in [3.63, 3.8) is 0 Å². The maximum absolute atomic E-state index is 9.36. The SMILES string of the molecule is CN(c1ccccc1)C1(C#N)CCCC1. The van der Waals surface area contributed by atoms with Gasteiger partial charge in [-0.25, -0.2) is 0 Å². The zero-order chi connectivity index (χ0) is 10.7. The predicted octanol–water partition coefficient (Wildman–Crippen LogP) is 2.96. The molecule has 0 atom stereocenters. The Balaban J connectivity index is 2.27. The van der Waals surface area contributed by atoms with E-state index < -0.39 is 0 Å². The van der Waals surface area contributed by atoms with E-state index in [1.54, 1.807) is 0 Å². The number of para-hydroxylation sites is 1. The van der Waals surface area contributed by atoms with Crippen LogP contribution in [0.15, 0.2) is 30.3 Å². The summed E-state index contributed by atoms with van der Waals surface area (Å²) in [5, 5.41) is 9.36. The summed E-state index contributed by atoms with van der Waals surface area (Å²) in [6.07, 6.45) is 4.33. The first-order chi connectivity index (χ1) is 7.28. The first-order valence-corrected chi connectivity index (χ1v) is 5.49. The summed E-state index contributed by atoms with van der Waals surface area (Å²) in [6.45, 7) is 0. The van der Waals surface area contributed by atoms with Crippen LogP contribution in [0.5, 0.6) is 0 Å². The van der Waals surface area contributed by atoms with Crippen molar-refractivity contribution in [3.05, 3.63) is 30.3 Å². The summed E-state index contributed by atoms with van der Waals surface area (Å²) in [6, 6.07) is 12.7. The monoisotopic (exact) mass is 200 g/mol. The molecule has 0 radical (unpaired) electrons. The molecule has 2 rings (SSSR count). The van der Waals surface area contributed by atoms with Gasteiger partial charge in [0.05, 0.1) is 6.07 Å². The fourth-order valence-electron chi connectivity index (χ4n) is 2.38. The van der Waals surface area contributed by atoms with Crippen LogP contribution in [0, 0.1) is 11.3 Å². The molecular formula is C13H16N2. The summed E-state index contributed by atoms with van der Waals surface area (Å²) < 4.78 is 0. The minimum Gasteiger partial charge on any atom is -0.356 e. The van der Waals surface area contributed by atoms with Gasteiger partial charge in [-0.2, -0.15) is 5.26 Å². The van der Waals surface area contributed by atoms with Crippen molar-refractivity contribution in [1.29, 1.82) is 5.26 Å². The van der Waals surface area contributed by atoms with Crippen LogP contribution >= 0.6 is 0 Å². The van der Waals surface area contributed by atoms with Gasteiger partial charge in [-0.15, -0.1) is 0 Å². The highest BCUT2D eigenvalue weighted by atomic mass is 15.2. The third-order valence-electron chi connectivity index (χ3n) is 3.42. The molecule has 15 heavy (non-hydrogen) atoms. The molecule has 0 unspecified atom stereocenters. The Hall–Kier alpha value is -1.49. The number of nitrogens with zero attached hydrogens (tertiary/aromatic N) is 2. The molecule has 0 aliphatic heterocycles. The Morgan fingerprint density at radius 2 is 1.80 bits per heavy atom. The molecule has 2 heteroatoms. The van der Waals surface area contributed by atoms with Crippen LogP contribution in [0.2, 0.25) is 0 Å². The molecular weight excluding hydrogens is 184 g/mol. The van der Waals surface area contributed by atoms with E-state index in [2.05, 4.69) is 23.1 Å². The number of hydrogen-bond donors (Lipinski definition) is 0. The lowest BCUT2D eigenvalue weighted by atomic mass is 9.97. The second kappa shape index (κ2) is 3.94. The smallest absolute Gasteiger partial charge is 0.127 e. The first-order valence-electron chi connectivity index (χ1n) is 5.49. The average Bonchev–Trinajstić information content (AvgIpc) is 2.79. The average molecular weight is 200 g/mol. The molecule has 0 amide bonds. The van der Waals surface area contributed by atoms with Gasteiger partial charge < -0.3 is 4.90 Å². The molecule has 1 aliphatic rings. The molecule has 0 spiro atoms. The molecule has 1 aromatic rings. The molecule has 0 bridgehead atoms. The van der Waals surface area contributed by atoms with Crippen LogP contribution in [0.3, 0.4) is 0 Å². The van der Waals surface area contributed by atoms with Crippen molar-refractivity contribution in [2.75, 3.05) is 11.9 Å². The lowest BCUT2D eigenvalue weighted by molar-refractivity contribution is 0.528. The summed E-state index contributed by atoms with van der Waals surface area (Å²) >= 11 is 0. The van der Waals surface area contributed by atoms with Gasteiger partial charge in [0.1, 0.15) is 5.54 Å². The molecule has 1 aromatic carbocycles. The van der Waals surface area contributed by atoms with E-state index in [9.17, 15) is 5.26 Å². The molecule has 0 aromatic heterocycles. The lowest BCUT2D eigenvalue weighted by Crippen LogP contribution is -2.43. The third kappa shape index (κ3) is 1.70. The normalized spacial score (nSPS) is 18.4. The van der Waals surface area contributed by atoms with Crippen molar-refractivity contribution < 1.29 is 0 Å². The first kappa shape index (κ1) is 10.0. The molecule has 0 saturated heterocycles. The second-order valence-corrected chi connectivity index (χ2v) is 4.25. The third-order valence-corrected chi connectivity index (χ3v) is 3.42. The van der Waals surface area contributed by atoms with Gasteiger partial charge in [0.25, 0.3) is 0 Å². The summed E-state index contributed by atoms with van der Waals surface area (Å²) in [7, 11) is 2.03. The Kier molecular flexibility index (Phi) is 2.64. The van der Waals surface area contributed by atoms with Crippen LogP contribution in [0.4, 0.5) is 5.69 Å². The fraction of sp³-hybridized carbons (Fsp3) is 0.462. The van der Waals surface area contributed by atoms with Crippen molar-refractivity contribution in [2.24, 2.45) is 0 Å². The van der Waals surface area contributed by atoms with E-state index in [1.165, 1.54) is 12.8 Å². The van der Waals surface area contributed by atoms with Crippen LogP contribution in [0.1, 0.15) is 25.7 Å². The minimum absolute atomic E-state index is 0.263. The van der Waals surface area contributed by atoms with Crippen molar-refractivity contribution >= 4 is 5.69 Å². The maximum Gasteiger partial charge on any atom is 0.127 e. The molecule has 0 heterocycles. The number of anilines is 1. The van der Waals surface area contributed by atoms with Crippen molar-refractivity contribution in [2.45, 2.75) is 31.2 Å². The Bertz CT molecular complexity index is 358. The fourth-order valence-corrected chi connectivity index (χ4v) is 2.38. The van der Waals surface area contributed by atoms with Crippen molar-refractivity contribution in [1.82, 2.24) is 0 Å². The van der Waals surface area contributed by atoms with Gasteiger partial charge in [0.2, 0.25) is 0 Å². The summed E-state index contributed by atoms with van der Waals surface area (Å²) in [5.74, 6) is 0. The van der Waals surface area contributed by atoms with E-state index in [0.717, 1.165) is 18.5 Å². The standard InChI is InChI=1S/C13H16N2/c1-15(12-7-3-2-4-8-12)13(11-14)9-5-6-10-13/h2-4,7-8H,5-6,9-10H2,1H3. The molecule has 1 fully saturated rings. The highest BCUT2D eigenvalue weighted by molar-refractivity contribution is 5.50. The number of benzene rings is 1. The van der Waals surface area contributed by atoms with Gasteiger partial charge in [-0.1, -0.05) is 18.2 Å². The van der Waals surface area contributed by atoms with Gasteiger partial charge in [-0.3, -0.25) is 0 Å². The number of rotatable bonds is 2. The maximum atomic E-state index is 9.36. The van der Waals surface area contributed by atoms with E-state index in [1.807, 2.05) is 25.2 Å². The lowest BCUT2D eigenvalue weighted by Gasteiger charge is -2.34. The number of hydrogen-bond acceptors (Lipinski definition) is 2. The van der Waals surface area contributed by atoms with E-state index in [-0.39, 0.29) is 5.54 Å². The van der Waals surface area contributed by atoms with Crippen LogP contribution < -0.4 is 4.90 Å². The Morgan fingerprint density at radius 3 is 2.33 bits per heavy atom. The Labute approximate surface area is 91.1 Å². The van der Waals surface area contributed by atoms with E-state index >= 15 is 0 Å². The summed E-state index contributed by atoms with van der Waals surface area (Å²) in [5.41, 5.74) is 0.877. The van der Waals surface area contributed by atoms with Crippen LogP contribution in [-0.4, -0.2) is 12.6 Å². The van der Waals surface area contributed by atoms with E-state index in [4.69, 9.17) is 0 Å². The highest BCUT2D eigenvalue weighted by Gasteiger charge is 2.38. The highest BCUT2D eigenvalue weighted by Crippen LogP contribution is 2.36. The van der Waals surface area contributed by atoms with Gasteiger partial charge in [-0.05, 0) is 37.8 Å². The van der Waals surface area contributed by atoms with Crippen LogP contribution in [-0.2, 0) is 0 Å². The molecule has 78 valence electrons. The predicted molar refractivity (Wildman–Crippen MR) is 61.7 cm³/mol. The van der Waals surface area contributed by atoms with Gasteiger partial charge >= 0.3 is 0 Å². The minimum atomic E-state index is -0.263. The van der Waals surface area contributed by atoms with Gasteiger partial charge in [0, 0.05) is 12.7 Å². The Morgan fingerprint density at radius 1 is 1.20 bits per heavy atom. The molecule has 1 saturated carbocycles. The summed E-state index contributed by atoms with van der Waals surface area (Å²) in [4.78, 5) is 2.14. The quantitative estimate of drug-likeness (QED) is 0.734. The zero-order valence-electron chi connectivity index (χ0n) is 9.11. The second-order valence-electron chi connectivity index (χ2n) is 4.25. The van der Waals surface area contributed by atoms with Gasteiger partial charge in [0.15, 0.2) is 0 Å². The largest absolute Gasteiger partial charge is 0.356 e. The molecule has 1 aliphatic carbocycles.